The molecule has 0 fully saturated rings. The number of carbonyl (C=O) groups is 2. The molecule has 0 bridgehead atoms. The van der Waals surface area contributed by atoms with Gasteiger partial charge in [-0.2, -0.15) is 0 Å². The van der Waals surface area contributed by atoms with Gasteiger partial charge in [0.05, 0.1) is 12.2 Å². The van der Waals surface area contributed by atoms with Gasteiger partial charge in [0.2, 0.25) is 0 Å². The van der Waals surface area contributed by atoms with Gasteiger partial charge in [0.25, 0.3) is 5.91 Å². The first-order valence-electron chi connectivity index (χ1n) is 13.8. The van der Waals surface area contributed by atoms with E-state index in [4.69, 9.17) is 0 Å². The van der Waals surface area contributed by atoms with Crippen LogP contribution in [0.25, 0.3) is 28.3 Å². The van der Waals surface area contributed by atoms with Crippen molar-refractivity contribution < 1.29 is 63.2 Å². The Balaban J connectivity index is 0.00000529. The molecule has 0 aliphatic heterocycles. The molecule has 2 aromatic carbocycles. The third-order valence-corrected chi connectivity index (χ3v) is 6.81. The number of carboxylic acids is 1. The summed E-state index contributed by atoms with van der Waals surface area (Å²) < 4.78 is 29.8. The number of nitrogens with one attached hydrogen (secondary N) is 1. The number of halogens is 2. The molecule has 0 aliphatic carbocycles. The molecule has 0 unspecified atom stereocenters. The van der Waals surface area contributed by atoms with Crippen LogP contribution in [0.15, 0.2) is 79.1 Å². The van der Waals surface area contributed by atoms with Gasteiger partial charge in [-0.15, -0.1) is 0 Å². The molecule has 0 aliphatic rings. The monoisotopic (exact) mass is 611 g/mol. The van der Waals surface area contributed by atoms with Gasteiger partial charge in [0, 0.05) is 60.6 Å². The number of nitrogens with zero attached hydrogens (tertiary/aromatic N) is 2. The average molecular weight is 612 g/mol. The first-order valence-corrected chi connectivity index (χ1v) is 13.8. The molecule has 3 N–H and O–H groups in total. The number of aliphatic carboxylic acids is 1. The Labute approximate surface area is 276 Å². The van der Waals surface area contributed by atoms with Crippen LogP contribution in [0.2, 0.25) is 0 Å². The summed E-state index contributed by atoms with van der Waals surface area (Å²) in [6, 6.07) is 14.7. The van der Waals surface area contributed by atoms with Crippen LogP contribution < -0.4 is 40.0 Å². The molecule has 8 nitrogen and oxygen atoms in total. The summed E-state index contributed by atoms with van der Waals surface area (Å²) in [5.74, 6) is -2.79. The minimum Gasteiger partial charge on any atom is -0.550 e. The Kier molecular flexibility index (Phi) is 12.6. The van der Waals surface area contributed by atoms with Gasteiger partial charge in [0.15, 0.2) is 0 Å². The van der Waals surface area contributed by atoms with Crippen LogP contribution in [-0.2, 0) is 11.3 Å². The fourth-order valence-electron chi connectivity index (χ4n) is 4.94. The Hall–Kier alpha value is -3.67. The predicted molar refractivity (Wildman–Crippen MR) is 156 cm³/mol. The Morgan fingerprint density at radius 2 is 1.57 bits per heavy atom. The number of amides is 1. The molecule has 4 rings (SSSR count). The van der Waals surface area contributed by atoms with Gasteiger partial charge >= 0.3 is 29.6 Å². The SMILES string of the molecule is CC(C)n1c(/C=C/[C@@H](O)C[C@@H](O)CC(=O)[O-])c(-c2ccc(F)cc2)c(-c2ccc(F)cc2)c1C(=O)NCc1cccnc1.[Na+]. The number of rotatable bonds is 12. The fraction of sp³-hybridized carbons (Fsp3) is 0.242. The molecule has 2 heterocycles. The van der Waals surface area contributed by atoms with Crippen molar-refractivity contribution in [2.75, 3.05) is 0 Å². The molecule has 0 spiro atoms. The van der Waals surface area contributed by atoms with E-state index in [1.165, 1.54) is 30.3 Å². The first kappa shape index (κ1) is 34.8. The van der Waals surface area contributed by atoms with Crippen LogP contribution in [0.3, 0.4) is 0 Å². The Morgan fingerprint density at radius 3 is 2.09 bits per heavy atom. The molecule has 2 aromatic heterocycles. The summed E-state index contributed by atoms with van der Waals surface area (Å²) in [7, 11) is 0. The van der Waals surface area contributed by atoms with E-state index in [0.29, 0.717) is 27.9 Å². The van der Waals surface area contributed by atoms with E-state index in [2.05, 4.69) is 10.3 Å². The smallest absolute Gasteiger partial charge is 0.550 e. The normalized spacial score (nSPS) is 12.6. The maximum Gasteiger partial charge on any atom is 1.00 e. The van der Waals surface area contributed by atoms with Crippen LogP contribution in [0.5, 0.6) is 0 Å². The summed E-state index contributed by atoms with van der Waals surface area (Å²) in [6.45, 7) is 3.93. The Bertz CT molecular complexity index is 1590. The van der Waals surface area contributed by atoms with Gasteiger partial charge in [-0.3, -0.25) is 9.78 Å². The second-order valence-corrected chi connectivity index (χ2v) is 10.4. The molecule has 224 valence electrons. The number of benzene rings is 2. The topological polar surface area (TPSA) is 128 Å². The first-order chi connectivity index (χ1) is 20.5. The summed E-state index contributed by atoms with van der Waals surface area (Å²) in [5, 5.41) is 34.4. The minimum atomic E-state index is -1.44. The number of hydrogen-bond acceptors (Lipinski definition) is 6. The molecular weight excluding hydrogens is 579 g/mol. The third-order valence-electron chi connectivity index (χ3n) is 6.81. The minimum absolute atomic E-state index is 0. The quantitative estimate of drug-likeness (QED) is 0.207. The third kappa shape index (κ3) is 8.71. The number of carboxylic acid groups (broad SMARTS) is 1. The van der Waals surface area contributed by atoms with Crippen LogP contribution >= 0.6 is 0 Å². The van der Waals surface area contributed by atoms with Crippen molar-refractivity contribution in [3.05, 3.63) is 108 Å². The van der Waals surface area contributed by atoms with E-state index in [9.17, 15) is 33.7 Å². The summed E-state index contributed by atoms with van der Waals surface area (Å²) in [4.78, 5) is 28.9. The van der Waals surface area contributed by atoms with Crippen molar-refractivity contribution in [3.8, 4) is 22.3 Å². The number of carbonyl (C=O) groups excluding carboxylic acids is 2. The van der Waals surface area contributed by atoms with Crippen LogP contribution in [0, 0.1) is 11.6 Å². The number of aliphatic hydroxyl groups is 2. The fourth-order valence-corrected chi connectivity index (χ4v) is 4.94. The van der Waals surface area contributed by atoms with E-state index in [1.54, 1.807) is 53.4 Å². The van der Waals surface area contributed by atoms with E-state index in [-0.39, 0.29) is 54.3 Å². The molecule has 0 radical (unpaired) electrons. The van der Waals surface area contributed by atoms with Gasteiger partial charge < -0.3 is 30.0 Å². The van der Waals surface area contributed by atoms with Crippen molar-refractivity contribution >= 4 is 18.0 Å². The summed E-state index contributed by atoms with van der Waals surface area (Å²) in [6.07, 6.45) is 2.78. The van der Waals surface area contributed by atoms with Gasteiger partial charge in [-0.25, -0.2) is 8.78 Å². The molecule has 2 atom stereocenters. The van der Waals surface area contributed by atoms with Crippen LogP contribution in [0.1, 0.15) is 54.5 Å². The second-order valence-electron chi connectivity index (χ2n) is 10.4. The van der Waals surface area contributed by atoms with E-state index in [0.717, 1.165) is 5.56 Å². The largest absolute Gasteiger partial charge is 1.00 e. The van der Waals surface area contributed by atoms with E-state index < -0.39 is 42.1 Å². The molecule has 0 saturated heterocycles. The van der Waals surface area contributed by atoms with E-state index >= 15 is 0 Å². The summed E-state index contributed by atoms with van der Waals surface area (Å²) >= 11 is 0. The molecule has 44 heavy (non-hydrogen) atoms. The molecule has 4 aromatic rings. The van der Waals surface area contributed by atoms with Crippen molar-refractivity contribution in [2.45, 2.75) is 51.5 Å². The zero-order valence-corrected chi connectivity index (χ0v) is 26.7. The summed E-state index contributed by atoms with van der Waals surface area (Å²) in [5.41, 5.74) is 3.62. The van der Waals surface area contributed by atoms with E-state index in [1.807, 2.05) is 19.9 Å². The van der Waals surface area contributed by atoms with Gasteiger partial charge in [0.1, 0.15) is 17.3 Å². The maximum absolute atomic E-state index is 14.0. The van der Waals surface area contributed by atoms with Gasteiger partial charge in [-0.05, 0) is 66.9 Å². The Morgan fingerprint density at radius 1 is 0.977 bits per heavy atom. The zero-order chi connectivity index (χ0) is 31.1. The van der Waals surface area contributed by atoms with Crippen molar-refractivity contribution in [1.82, 2.24) is 14.9 Å². The molecular formula is C33H32F2N3NaO5. The van der Waals surface area contributed by atoms with Crippen LogP contribution in [0.4, 0.5) is 8.78 Å². The maximum atomic E-state index is 14.0. The van der Waals surface area contributed by atoms with Crippen LogP contribution in [-0.4, -0.2) is 43.8 Å². The molecule has 11 heteroatoms. The average Bonchev–Trinajstić information content (AvgIpc) is 3.31. The number of hydrogen-bond donors (Lipinski definition) is 3. The number of pyridine rings is 1. The second kappa shape index (κ2) is 15.9. The molecule has 0 saturated carbocycles. The zero-order valence-electron chi connectivity index (χ0n) is 24.7. The predicted octanol–water partition coefficient (Wildman–Crippen LogP) is 1.28. The number of aromatic nitrogens is 2. The van der Waals surface area contributed by atoms with Crippen molar-refractivity contribution in [2.24, 2.45) is 0 Å². The number of aliphatic hydroxyl groups excluding tert-OH is 2. The standard InChI is InChI=1S/C33H33F2N3O5.Na/c1-20(2)38-28(14-13-26(39)16-27(40)17-29(41)42)30(22-5-9-24(34)10-6-22)31(23-7-11-25(35)12-8-23)32(38)33(43)37-19-21-4-3-15-36-18-21;/h3-15,18,20,26-27,39-40H,16-17,19H2,1-2H3,(H,37,43)(H,41,42);/q;+1/p-1/b14-13+;/t26-,27-;/m1./s1. The van der Waals surface area contributed by atoms with Crippen molar-refractivity contribution in [3.63, 3.8) is 0 Å². The van der Waals surface area contributed by atoms with Gasteiger partial charge in [-0.1, -0.05) is 36.4 Å². The van der Waals surface area contributed by atoms with Crippen molar-refractivity contribution in [1.29, 1.82) is 0 Å². The molecule has 1 amide bonds.